The standard InChI is InChI=1S/C19H20F3N3O3/c1-2-3-18(26)25-17-9-13(6-7-23-17)19(27)24-10-12-4-5-15(14(20)8-12)28-11-16(21)22/h4-9,16H,2-3,10-11H2,1H3,(H,24,27)(H,23,25,26). The van der Waals surface area contributed by atoms with Gasteiger partial charge in [0.2, 0.25) is 5.91 Å². The van der Waals surface area contributed by atoms with Crippen molar-refractivity contribution in [2.45, 2.75) is 32.7 Å². The largest absolute Gasteiger partial charge is 0.485 e. The van der Waals surface area contributed by atoms with Crippen molar-refractivity contribution in [3.63, 3.8) is 0 Å². The van der Waals surface area contributed by atoms with Crippen LogP contribution in [0.1, 0.15) is 35.7 Å². The lowest BCUT2D eigenvalue weighted by Gasteiger charge is -2.10. The molecule has 2 N–H and O–H groups in total. The number of aromatic nitrogens is 1. The van der Waals surface area contributed by atoms with Crippen LogP contribution in [0, 0.1) is 5.82 Å². The molecule has 1 aromatic heterocycles. The van der Waals surface area contributed by atoms with Gasteiger partial charge in [-0.05, 0) is 36.2 Å². The Bertz CT molecular complexity index is 831. The first-order chi connectivity index (χ1) is 13.4. The zero-order valence-corrected chi connectivity index (χ0v) is 15.2. The van der Waals surface area contributed by atoms with E-state index in [0.717, 1.165) is 6.07 Å². The summed E-state index contributed by atoms with van der Waals surface area (Å²) in [5, 5.41) is 5.21. The first-order valence-electron chi connectivity index (χ1n) is 8.62. The second-order valence-electron chi connectivity index (χ2n) is 5.88. The topological polar surface area (TPSA) is 80.3 Å². The van der Waals surface area contributed by atoms with Gasteiger partial charge in [0.15, 0.2) is 11.6 Å². The number of carbonyl (C=O) groups is 2. The van der Waals surface area contributed by atoms with E-state index in [0.29, 0.717) is 18.4 Å². The summed E-state index contributed by atoms with van der Waals surface area (Å²) in [6.07, 6.45) is -0.268. The molecule has 0 spiro atoms. The van der Waals surface area contributed by atoms with Gasteiger partial charge in [-0.15, -0.1) is 0 Å². The van der Waals surface area contributed by atoms with Crippen molar-refractivity contribution in [3.05, 3.63) is 53.5 Å². The third-order valence-electron chi connectivity index (χ3n) is 3.58. The summed E-state index contributed by atoms with van der Waals surface area (Å²) in [4.78, 5) is 27.9. The molecule has 1 aromatic carbocycles. The molecule has 0 saturated carbocycles. The predicted molar refractivity (Wildman–Crippen MR) is 96.8 cm³/mol. The Kier molecular flexibility index (Phi) is 7.79. The fraction of sp³-hybridized carbons (Fsp3) is 0.316. The van der Waals surface area contributed by atoms with Gasteiger partial charge >= 0.3 is 0 Å². The van der Waals surface area contributed by atoms with Crippen molar-refractivity contribution < 1.29 is 27.5 Å². The van der Waals surface area contributed by atoms with Crippen LogP contribution in [0.5, 0.6) is 5.75 Å². The number of rotatable bonds is 9. The Morgan fingerprint density at radius 3 is 2.68 bits per heavy atom. The third-order valence-corrected chi connectivity index (χ3v) is 3.58. The van der Waals surface area contributed by atoms with Crippen LogP contribution in [-0.2, 0) is 11.3 Å². The average molecular weight is 395 g/mol. The zero-order chi connectivity index (χ0) is 20.5. The SMILES string of the molecule is CCCC(=O)Nc1cc(C(=O)NCc2ccc(OCC(F)F)c(F)c2)ccn1. The molecule has 1 heterocycles. The van der Waals surface area contributed by atoms with Crippen molar-refractivity contribution in [3.8, 4) is 5.75 Å². The van der Waals surface area contributed by atoms with Gasteiger partial charge in [-0.3, -0.25) is 9.59 Å². The van der Waals surface area contributed by atoms with Crippen LogP contribution in [-0.4, -0.2) is 29.8 Å². The maximum Gasteiger partial charge on any atom is 0.272 e. The predicted octanol–water partition coefficient (Wildman–Crippen LogP) is 3.53. The molecule has 0 radical (unpaired) electrons. The van der Waals surface area contributed by atoms with Gasteiger partial charge in [-0.2, -0.15) is 0 Å². The number of nitrogens with one attached hydrogen (secondary N) is 2. The smallest absolute Gasteiger partial charge is 0.272 e. The van der Waals surface area contributed by atoms with E-state index in [1.165, 1.54) is 30.5 Å². The van der Waals surface area contributed by atoms with Crippen molar-refractivity contribution >= 4 is 17.6 Å². The number of benzene rings is 1. The highest BCUT2D eigenvalue weighted by atomic mass is 19.3. The zero-order valence-electron chi connectivity index (χ0n) is 15.2. The Morgan fingerprint density at radius 2 is 2.00 bits per heavy atom. The molecule has 9 heteroatoms. The molecule has 2 amide bonds. The van der Waals surface area contributed by atoms with E-state index in [9.17, 15) is 22.8 Å². The molecule has 0 aliphatic carbocycles. The normalized spacial score (nSPS) is 10.6. The molecule has 0 aliphatic rings. The molecule has 28 heavy (non-hydrogen) atoms. The van der Waals surface area contributed by atoms with E-state index < -0.39 is 24.8 Å². The van der Waals surface area contributed by atoms with E-state index in [4.69, 9.17) is 0 Å². The number of pyridine rings is 1. The fourth-order valence-electron chi connectivity index (χ4n) is 2.28. The lowest BCUT2D eigenvalue weighted by Crippen LogP contribution is -2.23. The Morgan fingerprint density at radius 1 is 1.21 bits per heavy atom. The summed E-state index contributed by atoms with van der Waals surface area (Å²) in [6.45, 7) is 0.994. The van der Waals surface area contributed by atoms with E-state index in [1.807, 2.05) is 6.92 Å². The second kappa shape index (κ2) is 10.3. The van der Waals surface area contributed by atoms with Crippen LogP contribution in [0.15, 0.2) is 36.5 Å². The van der Waals surface area contributed by atoms with Crippen LogP contribution in [0.3, 0.4) is 0 Å². The van der Waals surface area contributed by atoms with E-state index in [2.05, 4.69) is 20.4 Å². The molecular weight excluding hydrogens is 375 g/mol. The Balaban J connectivity index is 1.95. The fourth-order valence-corrected chi connectivity index (χ4v) is 2.28. The van der Waals surface area contributed by atoms with Gasteiger partial charge in [0, 0.05) is 24.7 Å². The molecule has 0 bridgehead atoms. The molecule has 0 unspecified atom stereocenters. The molecular formula is C19H20F3N3O3. The Labute approximate surface area is 160 Å². The number of hydrogen-bond acceptors (Lipinski definition) is 4. The Hall–Kier alpha value is -3.10. The van der Waals surface area contributed by atoms with Crippen molar-refractivity contribution in [2.24, 2.45) is 0 Å². The molecule has 2 aromatic rings. The summed E-state index contributed by atoms with van der Waals surface area (Å²) >= 11 is 0. The van der Waals surface area contributed by atoms with Crippen molar-refractivity contribution in [1.82, 2.24) is 10.3 Å². The van der Waals surface area contributed by atoms with E-state index >= 15 is 0 Å². The molecule has 0 fully saturated rings. The van der Waals surface area contributed by atoms with Crippen LogP contribution in [0.4, 0.5) is 19.0 Å². The van der Waals surface area contributed by atoms with Gasteiger partial charge in [-0.1, -0.05) is 13.0 Å². The number of halogens is 3. The summed E-state index contributed by atoms with van der Waals surface area (Å²) in [5.41, 5.74) is 0.708. The first-order valence-corrected chi connectivity index (χ1v) is 8.62. The first kappa shape index (κ1) is 21.2. The highest BCUT2D eigenvalue weighted by molar-refractivity contribution is 5.96. The van der Waals surface area contributed by atoms with Gasteiger partial charge < -0.3 is 15.4 Å². The van der Waals surface area contributed by atoms with Crippen molar-refractivity contribution in [2.75, 3.05) is 11.9 Å². The summed E-state index contributed by atoms with van der Waals surface area (Å²) in [5.74, 6) is -1.45. The third kappa shape index (κ3) is 6.57. The van der Waals surface area contributed by atoms with Crippen LogP contribution >= 0.6 is 0 Å². The van der Waals surface area contributed by atoms with Gasteiger partial charge in [0.05, 0.1) is 0 Å². The number of anilines is 1. The summed E-state index contributed by atoms with van der Waals surface area (Å²) < 4.78 is 42.7. The molecule has 0 saturated heterocycles. The highest BCUT2D eigenvalue weighted by Gasteiger charge is 2.11. The minimum absolute atomic E-state index is 0.0186. The average Bonchev–Trinajstić information content (AvgIpc) is 2.65. The minimum Gasteiger partial charge on any atom is -0.485 e. The molecule has 0 aliphatic heterocycles. The van der Waals surface area contributed by atoms with Crippen LogP contribution in [0.25, 0.3) is 0 Å². The molecule has 6 nitrogen and oxygen atoms in total. The lowest BCUT2D eigenvalue weighted by molar-refractivity contribution is -0.116. The highest BCUT2D eigenvalue weighted by Crippen LogP contribution is 2.19. The minimum atomic E-state index is -2.70. The number of alkyl halides is 2. The van der Waals surface area contributed by atoms with E-state index in [-0.39, 0.29) is 29.6 Å². The van der Waals surface area contributed by atoms with Crippen LogP contribution in [0.2, 0.25) is 0 Å². The molecule has 0 atom stereocenters. The number of amides is 2. The van der Waals surface area contributed by atoms with Crippen LogP contribution < -0.4 is 15.4 Å². The summed E-state index contributed by atoms with van der Waals surface area (Å²) in [6, 6.07) is 6.71. The second-order valence-corrected chi connectivity index (χ2v) is 5.88. The van der Waals surface area contributed by atoms with Crippen molar-refractivity contribution in [1.29, 1.82) is 0 Å². The number of hydrogen-bond donors (Lipinski definition) is 2. The monoisotopic (exact) mass is 395 g/mol. The number of ether oxygens (including phenoxy) is 1. The van der Waals surface area contributed by atoms with E-state index in [1.54, 1.807) is 0 Å². The number of nitrogens with zero attached hydrogens (tertiary/aromatic N) is 1. The lowest BCUT2D eigenvalue weighted by atomic mass is 10.2. The maximum atomic E-state index is 13.9. The molecule has 150 valence electrons. The maximum absolute atomic E-state index is 13.9. The van der Waals surface area contributed by atoms with Gasteiger partial charge in [-0.25, -0.2) is 18.2 Å². The molecule has 2 rings (SSSR count). The van der Waals surface area contributed by atoms with Gasteiger partial charge in [0.25, 0.3) is 12.3 Å². The number of carbonyl (C=O) groups excluding carboxylic acids is 2. The van der Waals surface area contributed by atoms with Gasteiger partial charge in [0.1, 0.15) is 12.4 Å². The summed E-state index contributed by atoms with van der Waals surface area (Å²) in [7, 11) is 0. The quantitative estimate of drug-likeness (QED) is 0.681.